The fraction of sp³-hybridized carbons (Fsp3) is 0.567. The number of benzene rings is 1. The fourth-order valence-electron chi connectivity index (χ4n) is 7.48. The molecule has 10 nitrogen and oxygen atoms in total. The largest absolute Gasteiger partial charge is 0.508 e. The third kappa shape index (κ3) is 4.44. The topological polar surface area (TPSA) is 165 Å². The monoisotopic (exact) mass is 585 g/mol. The molecule has 6 N–H and O–H groups in total. The summed E-state index contributed by atoms with van der Waals surface area (Å²) in [5.41, 5.74) is 3.48. The molecule has 5 rings (SSSR count). The van der Waals surface area contributed by atoms with Crippen LogP contribution in [0, 0.1) is 11.8 Å². The van der Waals surface area contributed by atoms with Crippen LogP contribution in [0.4, 0.5) is 5.69 Å². The summed E-state index contributed by atoms with van der Waals surface area (Å²) in [5.74, 6) is -6.20. The molecule has 11 heteroatoms. The summed E-state index contributed by atoms with van der Waals surface area (Å²) in [4.78, 5) is 43.5. The Morgan fingerprint density at radius 1 is 1.07 bits per heavy atom. The molecular weight excluding hydrogens is 546 g/mol. The molecular formula is C30H39N3O7S. The number of hydrogen-bond donors (Lipinski definition) is 5. The van der Waals surface area contributed by atoms with Gasteiger partial charge in [0.25, 0.3) is 5.91 Å². The number of likely N-dealkylation sites (N-methyl/N-ethyl adjacent to an activating group) is 1. The highest BCUT2D eigenvalue weighted by Crippen LogP contribution is 2.58. The minimum absolute atomic E-state index is 0.0736. The molecule has 1 aromatic carbocycles. The minimum Gasteiger partial charge on any atom is -0.508 e. The van der Waals surface area contributed by atoms with Crippen molar-refractivity contribution in [2.45, 2.75) is 61.3 Å². The molecule has 0 bridgehead atoms. The van der Waals surface area contributed by atoms with Crippen LogP contribution in [0.1, 0.15) is 55.6 Å². The summed E-state index contributed by atoms with van der Waals surface area (Å²) in [6.07, 6.45) is 5.79. The van der Waals surface area contributed by atoms with E-state index in [1.807, 2.05) is 30.8 Å². The second-order valence-electron chi connectivity index (χ2n) is 12.2. The maximum atomic E-state index is 14.3. The number of nitrogens with zero attached hydrogens (tertiary/aromatic N) is 2. The Morgan fingerprint density at radius 2 is 1.73 bits per heavy atom. The van der Waals surface area contributed by atoms with Crippen molar-refractivity contribution in [3.05, 3.63) is 40.2 Å². The SMILES string of the molecule is CN(C)c1ccc(O)c2c1[C@H](CSC1CCCCC1)[C@H]1C[C@H]3[C@H](N(C)C)C(=O)C(C(N)=O)=C(O)[C@@]3(O)C(=O)C1=C2O. The molecule has 2 fully saturated rings. The van der Waals surface area contributed by atoms with Gasteiger partial charge in [0.05, 0.1) is 11.6 Å². The third-order valence-corrected chi connectivity index (χ3v) is 10.9. The van der Waals surface area contributed by atoms with Crippen molar-refractivity contribution in [3.8, 4) is 5.75 Å². The Balaban J connectivity index is 1.73. The number of anilines is 1. The average molecular weight is 586 g/mol. The van der Waals surface area contributed by atoms with Crippen molar-refractivity contribution in [2.75, 3.05) is 38.8 Å². The molecule has 222 valence electrons. The van der Waals surface area contributed by atoms with Crippen molar-refractivity contribution in [3.63, 3.8) is 0 Å². The number of phenols is 1. The van der Waals surface area contributed by atoms with Crippen molar-refractivity contribution in [2.24, 2.45) is 17.6 Å². The van der Waals surface area contributed by atoms with Gasteiger partial charge >= 0.3 is 0 Å². The predicted octanol–water partition coefficient (Wildman–Crippen LogP) is 2.64. The zero-order chi connectivity index (χ0) is 30.0. The lowest BCUT2D eigenvalue weighted by atomic mass is 9.55. The molecule has 0 spiro atoms. The van der Waals surface area contributed by atoms with Gasteiger partial charge in [0, 0.05) is 48.2 Å². The van der Waals surface area contributed by atoms with Crippen LogP contribution in [0.5, 0.6) is 5.75 Å². The highest BCUT2D eigenvalue weighted by Gasteiger charge is 2.65. The highest BCUT2D eigenvalue weighted by atomic mass is 32.2. The van der Waals surface area contributed by atoms with E-state index in [1.165, 1.54) is 17.4 Å². The van der Waals surface area contributed by atoms with E-state index in [9.17, 15) is 34.8 Å². The number of Topliss-reactive ketones (excluding diaryl/α,β-unsaturated/α-hetero) is 2. The number of rotatable bonds is 6. The molecule has 0 aliphatic heterocycles. The number of nitrogens with two attached hydrogens (primary N) is 1. The van der Waals surface area contributed by atoms with E-state index >= 15 is 0 Å². The van der Waals surface area contributed by atoms with E-state index in [-0.39, 0.29) is 29.2 Å². The Morgan fingerprint density at radius 3 is 2.32 bits per heavy atom. The normalized spacial score (nSPS) is 30.3. The van der Waals surface area contributed by atoms with E-state index in [4.69, 9.17) is 5.73 Å². The number of carbonyl (C=O) groups is 3. The zero-order valence-corrected chi connectivity index (χ0v) is 24.7. The molecule has 0 unspecified atom stereocenters. The summed E-state index contributed by atoms with van der Waals surface area (Å²) < 4.78 is 0. The number of thioether (sulfide) groups is 1. The minimum atomic E-state index is -2.65. The summed E-state index contributed by atoms with van der Waals surface area (Å²) in [5, 5.41) is 46.2. The first-order valence-electron chi connectivity index (χ1n) is 14.1. The summed E-state index contributed by atoms with van der Waals surface area (Å²) in [6, 6.07) is 2.13. The number of aromatic hydroxyl groups is 1. The number of primary amides is 1. The number of aliphatic hydroxyl groups is 3. The van der Waals surface area contributed by atoms with Crippen LogP contribution in [0.2, 0.25) is 0 Å². The van der Waals surface area contributed by atoms with E-state index in [2.05, 4.69) is 0 Å². The van der Waals surface area contributed by atoms with Crippen LogP contribution in [-0.2, 0) is 14.4 Å². The number of hydrogen-bond acceptors (Lipinski definition) is 10. The zero-order valence-electron chi connectivity index (χ0n) is 23.9. The Labute approximate surface area is 243 Å². The predicted molar refractivity (Wildman–Crippen MR) is 157 cm³/mol. The van der Waals surface area contributed by atoms with Crippen molar-refractivity contribution in [1.82, 2.24) is 4.90 Å². The Bertz CT molecular complexity index is 1360. The van der Waals surface area contributed by atoms with Crippen LogP contribution >= 0.6 is 11.8 Å². The second-order valence-corrected chi connectivity index (χ2v) is 13.5. The molecule has 0 aromatic heterocycles. The average Bonchev–Trinajstić information content (AvgIpc) is 2.90. The lowest BCUT2D eigenvalue weighted by Gasteiger charge is -2.52. The van der Waals surface area contributed by atoms with Crippen LogP contribution in [0.3, 0.4) is 0 Å². The maximum absolute atomic E-state index is 14.3. The molecule has 4 aliphatic rings. The van der Waals surface area contributed by atoms with Crippen molar-refractivity contribution >= 4 is 40.7 Å². The molecule has 0 heterocycles. The van der Waals surface area contributed by atoms with Gasteiger partial charge in [-0.3, -0.25) is 19.3 Å². The van der Waals surface area contributed by atoms with Crippen molar-refractivity contribution in [1.29, 1.82) is 0 Å². The van der Waals surface area contributed by atoms with Gasteiger partial charge in [0.2, 0.25) is 5.78 Å². The summed E-state index contributed by atoms with van der Waals surface area (Å²) in [6.45, 7) is 0. The van der Waals surface area contributed by atoms with Crippen LogP contribution in [0.15, 0.2) is 29.0 Å². The third-order valence-electron chi connectivity index (χ3n) is 9.40. The Hall–Kier alpha value is -3.02. The smallest absolute Gasteiger partial charge is 0.255 e. The maximum Gasteiger partial charge on any atom is 0.255 e. The number of carbonyl (C=O) groups excluding carboxylic acids is 3. The fourth-order valence-corrected chi connectivity index (χ4v) is 9.03. The highest BCUT2D eigenvalue weighted by molar-refractivity contribution is 7.99. The van der Waals surface area contributed by atoms with E-state index in [1.54, 1.807) is 20.2 Å². The van der Waals surface area contributed by atoms with Crippen molar-refractivity contribution < 1.29 is 34.8 Å². The molecule has 1 aromatic rings. The number of phenolic OH excluding ortho intramolecular Hbond substituents is 1. The second kappa shape index (κ2) is 10.7. The quantitative estimate of drug-likeness (QED) is 0.314. The molecule has 41 heavy (non-hydrogen) atoms. The summed E-state index contributed by atoms with van der Waals surface area (Å²) >= 11 is 1.82. The van der Waals surface area contributed by atoms with Crippen LogP contribution in [-0.4, -0.2) is 93.6 Å². The van der Waals surface area contributed by atoms with Gasteiger partial charge in [-0.1, -0.05) is 19.3 Å². The first kappa shape index (κ1) is 29.5. The van der Waals surface area contributed by atoms with E-state index < -0.39 is 58.0 Å². The van der Waals surface area contributed by atoms with Gasteiger partial charge < -0.3 is 31.1 Å². The number of amides is 1. The number of ketones is 2. The van der Waals surface area contributed by atoms with Gasteiger partial charge in [-0.15, -0.1) is 0 Å². The summed E-state index contributed by atoms with van der Waals surface area (Å²) in [7, 11) is 6.95. The molecule has 4 aliphatic carbocycles. The standard InChI is InChI=1S/C30H39N3O7S/c1-32(2)18-10-11-19(34)22-20(18)16(13-41-14-8-6-5-7-9-14)15-12-17-24(33(3)4)26(36)23(29(31)39)28(38)30(17,40)27(37)21(15)25(22)35/h10-11,14-17,24,34-35,38,40H,5-9,12-13H2,1-4H3,(H2,31,39)/t15-,16-,17+,24+,30+/m1/s1. The lowest BCUT2D eigenvalue weighted by Crippen LogP contribution is -2.66. The molecule has 5 atom stereocenters. The molecule has 0 radical (unpaired) electrons. The van der Waals surface area contributed by atoms with Gasteiger partial charge in [-0.05, 0) is 57.0 Å². The molecule has 0 saturated heterocycles. The number of aliphatic hydroxyl groups excluding tert-OH is 2. The first-order chi connectivity index (χ1) is 19.3. The van der Waals surface area contributed by atoms with E-state index in [0.29, 0.717) is 16.6 Å². The van der Waals surface area contributed by atoms with Crippen LogP contribution < -0.4 is 10.6 Å². The number of fused-ring (bicyclic) bond motifs is 3. The van der Waals surface area contributed by atoms with Gasteiger partial charge in [0.15, 0.2) is 11.4 Å². The Kier molecular flexibility index (Phi) is 7.67. The lowest BCUT2D eigenvalue weighted by molar-refractivity contribution is -0.154. The molecule has 1 amide bonds. The van der Waals surface area contributed by atoms with E-state index in [0.717, 1.165) is 31.4 Å². The van der Waals surface area contributed by atoms with Gasteiger partial charge in [-0.25, -0.2) is 0 Å². The van der Waals surface area contributed by atoms with Gasteiger partial charge in [-0.2, -0.15) is 11.8 Å². The molecule has 2 saturated carbocycles. The first-order valence-corrected chi connectivity index (χ1v) is 15.2. The van der Waals surface area contributed by atoms with Crippen LogP contribution in [0.25, 0.3) is 5.76 Å². The van der Waals surface area contributed by atoms with Gasteiger partial charge in [0.1, 0.15) is 22.8 Å².